The lowest BCUT2D eigenvalue weighted by Gasteiger charge is -2.03. The van der Waals surface area contributed by atoms with Crippen molar-refractivity contribution in [2.45, 2.75) is 6.61 Å². The number of carbonyl (C=O) groups is 1. The Labute approximate surface area is 134 Å². The first-order valence-corrected chi connectivity index (χ1v) is 6.71. The number of nitrogens with zero attached hydrogens (tertiary/aromatic N) is 4. The SMILES string of the molecule is Nc1ncnn1C(=O)c1ccc(COc2ccc([N+](=O)[O-])cc2)o1. The molecule has 0 spiro atoms. The van der Waals surface area contributed by atoms with Crippen LogP contribution in [0.3, 0.4) is 0 Å². The summed E-state index contributed by atoms with van der Waals surface area (Å²) in [4.78, 5) is 25.8. The second kappa shape index (κ2) is 6.20. The van der Waals surface area contributed by atoms with E-state index < -0.39 is 10.8 Å². The van der Waals surface area contributed by atoms with E-state index in [4.69, 9.17) is 14.9 Å². The largest absolute Gasteiger partial charge is 0.486 e. The highest BCUT2D eigenvalue weighted by atomic mass is 16.6. The normalized spacial score (nSPS) is 10.5. The Morgan fingerprint density at radius 3 is 2.67 bits per heavy atom. The number of furan rings is 1. The molecule has 0 saturated carbocycles. The number of nitrogens with two attached hydrogens (primary N) is 1. The van der Waals surface area contributed by atoms with Crippen molar-refractivity contribution in [1.82, 2.24) is 14.8 Å². The van der Waals surface area contributed by atoms with E-state index in [1.54, 1.807) is 6.07 Å². The first-order valence-electron chi connectivity index (χ1n) is 6.71. The fraction of sp³-hybridized carbons (Fsp3) is 0.0714. The van der Waals surface area contributed by atoms with Crippen LogP contribution in [0.15, 0.2) is 47.1 Å². The van der Waals surface area contributed by atoms with Crippen LogP contribution in [0.4, 0.5) is 11.6 Å². The van der Waals surface area contributed by atoms with Gasteiger partial charge in [0.05, 0.1) is 4.92 Å². The number of anilines is 1. The molecule has 0 amide bonds. The maximum atomic E-state index is 12.1. The highest BCUT2D eigenvalue weighted by molar-refractivity contribution is 5.94. The highest BCUT2D eigenvalue weighted by Gasteiger charge is 2.17. The molecule has 10 heteroatoms. The second-order valence-corrected chi connectivity index (χ2v) is 4.64. The van der Waals surface area contributed by atoms with Crippen molar-refractivity contribution in [3.05, 3.63) is 64.4 Å². The van der Waals surface area contributed by atoms with Gasteiger partial charge in [0.25, 0.3) is 5.69 Å². The third-order valence-corrected chi connectivity index (χ3v) is 3.07. The number of nitro groups is 1. The molecule has 10 nitrogen and oxygen atoms in total. The van der Waals surface area contributed by atoms with Crippen LogP contribution in [0, 0.1) is 10.1 Å². The molecule has 122 valence electrons. The van der Waals surface area contributed by atoms with Crippen molar-refractivity contribution >= 4 is 17.5 Å². The van der Waals surface area contributed by atoms with E-state index >= 15 is 0 Å². The Kier molecular flexibility index (Phi) is 3.93. The van der Waals surface area contributed by atoms with Crippen LogP contribution in [0.2, 0.25) is 0 Å². The predicted octanol–water partition coefficient (Wildman–Crippen LogP) is 1.63. The number of benzene rings is 1. The molecule has 0 aliphatic rings. The number of nitro benzene ring substituents is 1. The Morgan fingerprint density at radius 2 is 2.04 bits per heavy atom. The van der Waals surface area contributed by atoms with Gasteiger partial charge in [-0.2, -0.15) is 9.67 Å². The fourth-order valence-electron chi connectivity index (χ4n) is 1.90. The summed E-state index contributed by atoms with van der Waals surface area (Å²) in [5.41, 5.74) is 5.48. The molecule has 0 aliphatic carbocycles. The van der Waals surface area contributed by atoms with Crippen LogP contribution in [-0.4, -0.2) is 25.6 Å². The maximum Gasteiger partial charge on any atom is 0.317 e. The maximum absolute atomic E-state index is 12.1. The molecule has 2 aromatic heterocycles. The molecule has 0 aliphatic heterocycles. The van der Waals surface area contributed by atoms with Gasteiger partial charge >= 0.3 is 5.91 Å². The van der Waals surface area contributed by atoms with Gasteiger partial charge in [0.2, 0.25) is 5.95 Å². The van der Waals surface area contributed by atoms with Crippen LogP contribution in [0.5, 0.6) is 5.75 Å². The van der Waals surface area contributed by atoms with E-state index in [1.807, 2.05) is 0 Å². The zero-order chi connectivity index (χ0) is 17.1. The lowest BCUT2D eigenvalue weighted by molar-refractivity contribution is -0.384. The molecule has 0 saturated heterocycles. The van der Waals surface area contributed by atoms with Gasteiger partial charge in [-0.15, -0.1) is 5.10 Å². The molecule has 1 aromatic carbocycles. The first-order chi connectivity index (χ1) is 11.5. The summed E-state index contributed by atoms with van der Waals surface area (Å²) >= 11 is 0. The standard InChI is InChI=1S/C14H11N5O5/c15-14-16-8-17-18(14)13(20)12-6-5-11(24-12)7-23-10-3-1-9(2-4-10)19(21)22/h1-6,8H,7H2,(H2,15,16,17). The summed E-state index contributed by atoms with van der Waals surface area (Å²) in [6.07, 6.45) is 1.16. The van der Waals surface area contributed by atoms with Gasteiger partial charge in [-0.25, -0.2) is 0 Å². The van der Waals surface area contributed by atoms with E-state index in [2.05, 4.69) is 10.1 Å². The third-order valence-electron chi connectivity index (χ3n) is 3.07. The first kappa shape index (κ1) is 15.2. The summed E-state index contributed by atoms with van der Waals surface area (Å²) in [6, 6.07) is 8.66. The molecule has 0 atom stereocenters. The summed E-state index contributed by atoms with van der Waals surface area (Å²) in [5.74, 6) is 0.280. The Bertz CT molecular complexity index is 883. The zero-order valence-electron chi connectivity index (χ0n) is 12.2. The molecular formula is C14H11N5O5. The number of non-ortho nitro benzene ring substituents is 1. The van der Waals surface area contributed by atoms with Crippen LogP contribution in [-0.2, 0) is 6.61 Å². The smallest absolute Gasteiger partial charge is 0.317 e. The van der Waals surface area contributed by atoms with Crippen molar-refractivity contribution < 1.29 is 18.9 Å². The Hall–Kier alpha value is -3.69. The van der Waals surface area contributed by atoms with Gasteiger partial charge in [-0.05, 0) is 24.3 Å². The highest BCUT2D eigenvalue weighted by Crippen LogP contribution is 2.19. The summed E-state index contributed by atoms with van der Waals surface area (Å²) in [6.45, 7) is 0.0535. The van der Waals surface area contributed by atoms with E-state index in [0.717, 1.165) is 11.0 Å². The molecule has 2 heterocycles. The summed E-state index contributed by atoms with van der Waals surface area (Å²) in [5, 5.41) is 14.3. The van der Waals surface area contributed by atoms with Crippen LogP contribution >= 0.6 is 0 Å². The van der Waals surface area contributed by atoms with Gasteiger partial charge in [0.1, 0.15) is 24.4 Å². The van der Waals surface area contributed by atoms with Crippen LogP contribution in [0.25, 0.3) is 0 Å². The topological polar surface area (TPSA) is 139 Å². The minimum atomic E-state index is -0.549. The van der Waals surface area contributed by atoms with Gasteiger partial charge in [-0.1, -0.05) is 0 Å². The fourth-order valence-corrected chi connectivity index (χ4v) is 1.90. The lowest BCUT2D eigenvalue weighted by Crippen LogP contribution is -2.15. The predicted molar refractivity (Wildman–Crippen MR) is 80.3 cm³/mol. The average Bonchev–Trinajstić information content (AvgIpc) is 3.21. The van der Waals surface area contributed by atoms with Gasteiger partial charge in [0, 0.05) is 12.1 Å². The average molecular weight is 329 g/mol. The number of nitrogen functional groups attached to an aromatic ring is 1. The van der Waals surface area contributed by atoms with Gasteiger partial charge in [0.15, 0.2) is 5.76 Å². The van der Waals surface area contributed by atoms with E-state index in [-0.39, 0.29) is 24.0 Å². The minimum absolute atomic E-state index is 0.0290. The molecule has 24 heavy (non-hydrogen) atoms. The van der Waals surface area contributed by atoms with Crippen LogP contribution < -0.4 is 10.5 Å². The number of hydrogen-bond donors (Lipinski definition) is 1. The molecule has 3 rings (SSSR count). The van der Waals surface area contributed by atoms with E-state index in [0.29, 0.717) is 11.5 Å². The molecule has 0 unspecified atom stereocenters. The summed E-state index contributed by atoms with van der Waals surface area (Å²) < 4.78 is 11.7. The van der Waals surface area contributed by atoms with Crippen molar-refractivity contribution in [2.75, 3.05) is 5.73 Å². The number of ether oxygens (including phenoxy) is 1. The quantitative estimate of drug-likeness (QED) is 0.550. The number of hydrogen-bond acceptors (Lipinski definition) is 8. The van der Waals surface area contributed by atoms with Gasteiger partial charge < -0.3 is 14.9 Å². The van der Waals surface area contributed by atoms with Crippen molar-refractivity contribution in [2.24, 2.45) is 0 Å². The Balaban J connectivity index is 1.65. The van der Waals surface area contributed by atoms with E-state index in [9.17, 15) is 14.9 Å². The van der Waals surface area contributed by atoms with Crippen LogP contribution in [0.1, 0.15) is 16.3 Å². The third kappa shape index (κ3) is 3.06. The minimum Gasteiger partial charge on any atom is -0.486 e. The summed E-state index contributed by atoms with van der Waals surface area (Å²) in [7, 11) is 0. The van der Waals surface area contributed by atoms with E-state index in [1.165, 1.54) is 30.3 Å². The molecular weight excluding hydrogens is 318 g/mol. The molecule has 2 N–H and O–H groups in total. The van der Waals surface area contributed by atoms with Crippen molar-refractivity contribution in [3.8, 4) is 5.75 Å². The molecule has 0 fully saturated rings. The number of aromatic nitrogens is 3. The number of rotatable bonds is 5. The zero-order valence-corrected chi connectivity index (χ0v) is 12.2. The Morgan fingerprint density at radius 1 is 1.29 bits per heavy atom. The second-order valence-electron chi connectivity index (χ2n) is 4.64. The number of carbonyl (C=O) groups excluding carboxylic acids is 1. The molecule has 3 aromatic rings. The van der Waals surface area contributed by atoms with Crippen molar-refractivity contribution in [3.63, 3.8) is 0 Å². The molecule has 0 bridgehead atoms. The van der Waals surface area contributed by atoms with Crippen molar-refractivity contribution in [1.29, 1.82) is 0 Å². The molecule has 0 radical (unpaired) electrons. The van der Waals surface area contributed by atoms with Gasteiger partial charge in [-0.3, -0.25) is 14.9 Å². The monoisotopic (exact) mass is 329 g/mol. The lowest BCUT2D eigenvalue weighted by atomic mass is 10.3.